The first kappa shape index (κ1) is 12.9. The quantitative estimate of drug-likeness (QED) is 0.842. The zero-order valence-corrected chi connectivity index (χ0v) is 11.0. The van der Waals surface area contributed by atoms with E-state index < -0.39 is 5.25 Å². The topological polar surface area (TPSA) is 58.6 Å². The van der Waals surface area contributed by atoms with Crippen LogP contribution < -0.4 is 5.32 Å². The Morgan fingerprint density at radius 1 is 1.50 bits per heavy atom. The third kappa shape index (κ3) is 2.65. The van der Waals surface area contributed by atoms with Crippen LogP contribution in [-0.2, 0) is 14.4 Å². The number of amides is 2. The van der Waals surface area contributed by atoms with Crippen LogP contribution in [0, 0.1) is 0 Å². The van der Waals surface area contributed by atoms with E-state index >= 15 is 0 Å². The van der Waals surface area contributed by atoms with Gasteiger partial charge in [-0.25, -0.2) is 5.06 Å². The largest absolute Gasteiger partial charge is 0.324 e. The monoisotopic (exact) mass is 266 g/mol. The van der Waals surface area contributed by atoms with Crippen molar-refractivity contribution in [1.29, 1.82) is 0 Å². The van der Waals surface area contributed by atoms with E-state index in [2.05, 4.69) is 5.32 Å². The second-order valence-corrected chi connectivity index (χ2v) is 5.11. The number of para-hydroxylation sites is 1. The molecule has 0 saturated heterocycles. The molecule has 1 atom stereocenters. The van der Waals surface area contributed by atoms with Crippen molar-refractivity contribution in [1.82, 2.24) is 5.06 Å². The summed E-state index contributed by atoms with van der Waals surface area (Å²) in [5.41, 5.74) is 0.802. The number of fused-ring (bicyclic) bond motifs is 1. The number of hydrogen-bond acceptors (Lipinski definition) is 4. The van der Waals surface area contributed by atoms with E-state index in [1.165, 1.54) is 25.9 Å². The van der Waals surface area contributed by atoms with Gasteiger partial charge in [0.15, 0.2) is 0 Å². The van der Waals surface area contributed by atoms with Crippen molar-refractivity contribution >= 4 is 29.3 Å². The van der Waals surface area contributed by atoms with E-state index in [1.54, 1.807) is 0 Å². The first-order valence-corrected chi connectivity index (χ1v) is 6.37. The molecule has 0 unspecified atom stereocenters. The minimum atomic E-state index is -0.412. The molecule has 1 aliphatic heterocycles. The number of nitrogens with one attached hydrogen (secondary N) is 1. The molecule has 5 nitrogen and oxygen atoms in total. The summed E-state index contributed by atoms with van der Waals surface area (Å²) in [5, 5.41) is 3.52. The number of nitrogens with zero attached hydrogens (tertiary/aromatic N) is 1. The van der Waals surface area contributed by atoms with Crippen molar-refractivity contribution < 1.29 is 14.4 Å². The average molecular weight is 266 g/mol. The van der Waals surface area contributed by atoms with E-state index in [0.29, 0.717) is 0 Å². The molecule has 0 aliphatic carbocycles. The Morgan fingerprint density at radius 2 is 2.22 bits per heavy atom. The lowest BCUT2D eigenvalue weighted by Gasteiger charge is -2.24. The van der Waals surface area contributed by atoms with Crippen molar-refractivity contribution in [2.45, 2.75) is 16.6 Å². The summed E-state index contributed by atoms with van der Waals surface area (Å²) < 4.78 is 0. The number of hydroxylamine groups is 2. The molecule has 18 heavy (non-hydrogen) atoms. The smallest absolute Gasteiger partial charge is 0.247 e. The summed E-state index contributed by atoms with van der Waals surface area (Å²) in [6.07, 6.45) is 0.120. The van der Waals surface area contributed by atoms with E-state index in [-0.39, 0.29) is 18.2 Å². The fraction of sp³-hybridized carbons (Fsp3) is 0.333. The van der Waals surface area contributed by atoms with E-state index in [4.69, 9.17) is 4.84 Å². The fourth-order valence-electron chi connectivity index (χ4n) is 1.62. The first-order chi connectivity index (χ1) is 8.61. The van der Waals surface area contributed by atoms with Gasteiger partial charge in [0.1, 0.15) is 0 Å². The molecule has 6 heteroatoms. The normalized spacial score (nSPS) is 17.9. The van der Waals surface area contributed by atoms with E-state index in [9.17, 15) is 9.59 Å². The van der Waals surface area contributed by atoms with Crippen LogP contribution in [0.5, 0.6) is 0 Å². The van der Waals surface area contributed by atoms with Gasteiger partial charge in [-0.1, -0.05) is 12.1 Å². The van der Waals surface area contributed by atoms with Crippen LogP contribution >= 0.6 is 11.8 Å². The number of hydrogen-bond donors (Lipinski definition) is 1. The van der Waals surface area contributed by atoms with Gasteiger partial charge in [0, 0.05) is 11.9 Å². The summed E-state index contributed by atoms with van der Waals surface area (Å²) in [6.45, 7) is 0. The summed E-state index contributed by atoms with van der Waals surface area (Å²) in [5.74, 6) is -0.360. The summed E-state index contributed by atoms with van der Waals surface area (Å²) in [6, 6.07) is 7.55. The molecule has 0 radical (unpaired) electrons. The average Bonchev–Trinajstić information content (AvgIpc) is 2.38. The first-order valence-electron chi connectivity index (χ1n) is 5.49. The second-order valence-electron chi connectivity index (χ2n) is 3.87. The van der Waals surface area contributed by atoms with Crippen molar-refractivity contribution in [2.75, 3.05) is 19.5 Å². The van der Waals surface area contributed by atoms with Gasteiger partial charge in [0.2, 0.25) is 11.8 Å². The highest BCUT2D eigenvalue weighted by Crippen LogP contribution is 2.36. The van der Waals surface area contributed by atoms with Crippen LogP contribution in [0.4, 0.5) is 5.69 Å². The third-order valence-electron chi connectivity index (χ3n) is 2.69. The van der Waals surface area contributed by atoms with Crippen molar-refractivity contribution in [3.05, 3.63) is 24.3 Å². The molecule has 96 valence electrons. The Bertz CT molecular complexity index is 478. The molecule has 1 aliphatic rings. The number of carbonyl (C=O) groups excluding carboxylic acids is 2. The second kappa shape index (κ2) is 5.41. The van der Waals surface area contributed by atoms with Gasteiger partial charge in [-0.2, -0.15) is 0 Å². The Balaban J connectivity index is 2.08. The minimum Gasteiger partial charge on any atom is -0.324 e. The van der Waals surface area contributed by atoms with Crippen LogP contribution in [0.3, 0.4) is 0 Å². The van der Waals surface area contributed by atoms with Gasteiger partial charge < -0.3 is 5.32 Å². The van der Waals surface area contributed by atoms with E-state index in [1.807, 2.05) is 24.3 Å². The van der Waals surface area contributed by atoms with Gasteiger partial charge in [0.05, 0.1) is 24.5 Å². The Labute approximate surface area is 109 Å². The summed E-state index contributed by atoms with van der Waals surface area (Å²) >= 11 is 1.41. The minimum absolute atomic E-state index is 0.120. The number of carbonyl (C=O) groups is 2. The lowest BCUT2D eigenvalue weighted by molar-refractivity contribution is -0.168. The number of benzene rings is 1. The molecule has 2 amide bonds. The highest BCUT2D eigenvalue weighted by Gasteiger charge is 2.29. The Kier molecular flexibility index (Phi) is 3.88. The molecule has 0 aromatic heterocycles. The molecule has 1 aromatic rings. The molecule has 1 N–H and O–H groups in total. The van der Waals surface area contributed by atoms with Gasteiger partial charge in [-0.05, 0) is 12.1 Å². The summed E-state index contributed by atoms with van der Waals surface area (Å²) in [7, 11) is 2.95. The van der Waals surface area contributed by atoms with Crippen LogP contribution in [0.1, 0.15) is 6.42 Å². The molecule has 0 saturated carbocycles. The fourth-order valence-corrected chi connectivity index (χ4v) is 2.72. The molecule has 0 fully saturated rings. The van der Waals surface area contributed by atoms with E-state index in [0.717, 1.165) is 15.6 Å². The maximum absolute atomic E-state index is 11.9. The molecule has 1 aromatic carbocycles. The highest BCUT2D eigenvalue weighted by atomic mass is 32.2. The maximum atomic E-state index is 11.9. The van der Waals surface area contributed by atoms with Crippen molar-refractivity contribution in [3.8, 4) is 0 Å². The third-order valence-corrected chi connectivity index (χ3v) is 3.97. The predicted octanol–water partition coefficient (Wildman–Crippen LogP) is 1.51. The molecular weight excluding hydrogens is 252 g/mol. The molecule has 0 spiro atoms. The van der Waals surface area contributed by atoms with Gasteiger partial charge in [-0.3, -0.25) is 14.4 Å². The maximum Gasteiger partial charge on any atom is 0.247 e. The van der Waals surface area contributed by atoms with Crippen molar-refractivity contribution in [2.24, 2.45) is 0 Å². The number of anilines is 1. The van der Waals surface area contributed by atoms with Gasteiger partial charge >= 0.3 is 0 Å². The van der Waals surface area contributed by atoms with Crippen molar-refractivity contribution in [3.63, 3.8) is 0 Å². The van der Waals surface area contributed by atoms with Gasteiger partial charge in [0.25, 0.3) is 0 Å². The zero-order valence-electron chi connectivity index (χ0n) is 10.2. The standard InChI is InChI=1S/C12H14N2O3S/c1-14(17-2)11(15)7-10-12(16)13-8-5-3-4-6-9(8)18-10/h3-6,10H,7H2,1-2H3,(H,13,16)/t10-/m1/s1. The SMILES string of the molecule is CON(C)C(=O)C[C@H]1Sc2ccccc2NC1=O. The van der Waals surface area contributed by atoms with Crippen LogP contribution in [0.25, 0.3) is 0 Å². The molecule has 2 rings (SSSR count). The van der Waals surface area contributed by atoms with Crippen LogP contribution in [-0.4, -0.2) is 36.3 Å². The van der Waals surface area contributed by atoms with Crippen LogP contribution in [0.2, 0.25) is 0 Å². The Hall–Kier alpha value is -1.53. The molecular formula is C12H14N2O3S. The number of rotatable bonds is 3. The zero-order chi connectivity index (χ0) is 13.1. The van der Waals surface area contributed by atoms with Gasteiger partial charge in [-0.15, -0.1) is 11.8 Å². The summed E-state index contributed by atoms with van der Waals surface area (Å²) in [4.78, 5) is 29.3. The lowest BCUT2D eigenvalue weighted by atomic mass is 10.2. The number of thioether (sulfide) groups is 1. The predicted molar refractivity (Wildman–Crippen MR) is 69.1 cm³/mol. The molecule has 1 heterocycles. The van der Waals surface area contributed by atoms with Crippen LogP contribution in [0.15, 0.2) is 29.2 Å². The highest BCUT2D eigenvalue weighted by molar-refractivity contribution is 8.01. The Morgan fingerprint density at radius 3 is 2.94 bits per heavy atom. The molecule has 0 bridgehead atoms. The lowest BCUT2D eigenvalue weighted by Crippen LogP contribution is -2.35.